The van der Waals surface area contributed by atoms with E-state index in [4.69, 9.17) is 4.42 Å². The summed E-state index contributed by atoms with van der Waals surface area (Å²) < 4.78 is 5.04. The molecule has 0 aliphatic carbocycles. The lowest BCUT2D eigenvalue weighted by atomic mass is 10.2. The lowest BCUT2D eigenvalue weighted by Gasteiger charge is -2.16. The van der Waals surface area contributed by atoms with Gasteiger partial charge in [-0.05, 0) is 37.7 Å². The molecule has 0 unspecified atom stereocenters. The Morgan fingerprint density at radius 2 is 2.13 bits per heavy atom. The van der Waals surface area contributed by atoms with E-state index < -0.39 is 0 Å². The first-order chi connectivity index (χ1) is 10.5. The molecule has 23 heavy (non-hydrogen) atoms. The van der Waals surface area contributed by atoms with Gasteiger partial charge >= 0.3 is 0 Å². The molecule has 2 heterocycles. The molecule has 2 rings (SSSR count). The molecule has 2 aromatic heterocycles. The summed E-state index contributed by atoms with van der Waals surface area (Å²) in [6.07, 6.45) is 1.44. The number of hydrogen-bond acceptors (Lipinski definition) is 5. The number of amides is 2. The molecule has 6 nitrogen and oxygen atoms in total. The fourth-order valence-electron chi connectivity index (χ4n) is 1.89. The highest BCUT2D eigenvalue weighted by Crippen LogP contribution is 2.28. The lowest BCUT2D eigenvalue weighted by molar-refractivity contribution is 0.0800. The summed E-state index contributed by atoms with van der Waals surface area (Å²) in [6, 6.07) is 5.04. The van der Waals surface area contributed by atoms with Gasteiger partial charge in [0.05, 0.1) is 16.1 Å². The first-order valence-electron chi connectivity index (χ1n) is 6.88. The molecular weight excluding hydrogens is 338 g/mol. The normalized spacial score (nSPS) is 10.0. The standard InChI is InChI=1S/C15H19N3O3S.ClH/c1-10-9-12(17-14(19)11-5-4-8-21-11)22-13(10)15(20)18(3)7-6-16-2;/h4-5,8-9,16H,6-7H2,1-3H3,(H,17,19);1H. The quantitative estimate of drug-likeness (QED) is 0.833. The van der Waals surface area contributed by atoms with Gasteiger partial charge < -0.3 is 20.0 Å². The van der Waals surface area contributed by atoms with E-state index in [-0.39, 0.29) is 30.0 Å². The van der Waals surface area contributed by atoms with Gasteiger partial charge in [-0.25, -0.2) is 0 Å². The SMILES string of the molecule is CNCCN(C)C(=O)c1sc(NC(=O)c2ccco2)cc1C.Cl. The van der Waals surface area contributed by atoms with Crippen LogP contribution >= 0.6 is 23.7 Å². The third kappa shape index (κ3) is 4.82. The van der Waals surface area contributed by atoms with Gasteiger partial charge in [-0.1, -0.05) is 0 Å². The predicted octanol–water partition coefficient (Wildman–Crippen LogP) is 2.62. The zero-order valence-corrected chi connectivity index (χ0v) is 14.8. The highest BCUT2D eigenvalue weighted by atomic mass is 35.5. The van der Waals surface area contributed by atoms with E-state index in [0.29, 0.717) is 16.4 Å². The number of rotatable bonds is 6. The highest BCUT2D eigenvalue weighted by Gasteiger charge is 2.19. The molecule has 126 valence electrons. The van der Waals surface area contributed by atoms with Crippen LogP contribution in [0.5, 0.6) is 0 Å². The smallest absolute Gasteiger partial charge is 0.291 e. The van der Waals surface area contributed by atoms with Gasteiger partial charge in [-0.15, -0.1) is 23.7 Å². The summed E-state index contributed by atoms with van der Waals surface area (Å²) in [5.74, 6) is -0.130. The molecule has 0 radical (unpaired) electrons. The number of carbonyl (C=O) groups is 2. The molecule has 0 bridgehead atoms. The Kier molecular flexibility index (Phi) is 7.28. The Balaban J connectivity index is 0.00000264. The monoisotopic (exact) mass is 357 g/mol. The second-order valence-corrected chi connectivity index (χ2v) is 5.94. The van der Waals surface area contributed by atoms with Crippen molar-refractivity contribution in [1.29, 1.82) is 0 Å². The molecule has 0 saturated heterocycles. The topological polar surface area (TPSA) is 74.6 Å². The van der Waals surface area contributed by atoms with E-state index in [0.717, 1.165) is 12.1 Å². The molecule has 0 atom stereocenters. The highest BCUT2D eigenvalue weighted by molar-refractivity contribution is 7.18. The molecule has 0 aliphatic heterocycles. The van der Waals surface area contributed by atoms with Crippen molar-refractivity contribution in [2.24, 2.45) is 0 Å². The van der Waals surface area contributed by atoms with Gasteiger partial charge in [0.2, 0.25) is 0 Å². The molecule has 0 saturated carbocycles. The summed E-state index contributed by atoms with van der Waals surface area (Å²) in [5.41, 5.74) is 0.848. The van der Waals surface area contributed by atoms with E-state index in [9.17, 15) is 9.59 Å². The van der Waals surface area contributed by atoms with E-state index >= 15 is 0 Å². The molecule has 0 aliphatic rings. The fraction of sp³-hybridized carbons (Fsp3) is 0.333. The van der Waals surface area contributed by atoms with Crippen LogP contribution < -0.4 is 10.6 Å². The number of nitrogens with one attached hydrogen (secondary N) is 2. The van der Waals surface area contributed by atoms with Crippen LogP contribution in [-0.4, -0.2) is 43.9 Å². The van der Waals surface area contributed by atoms with Gasteiger partial charge in [0.25, 0.3) is 11.8 Å². The fourth-order valence-corrected chi connectivity index (χ4v) is 2.95. The first-order valence-corrected chi connectivity index (χ1v) is 7.70. The largest absolute Gasteiger partial charge is 0.459 e. The summed E-state index contributed by atoms with van der Waals surface area (Å²) in [5, 5.41) is 6.38. The van der Waals surface area contributed by atoms with Crippen molar-refractivity contribution in [2.45, 2.75) is 6.92 Å². The van der Waals surface area contributed by atoms with Crippen molar-refractivity contribution >= 4 is 40.6 Å². The molecule has 8 heteroatoms. The van der Waals surface area contributed by atoms with E-state index in [1.54, 1.807) is 30.1 Å². The third-order valence-corrected chi connectivity index (χ3v) is 4.28. The maximum Gasteiger partial charge on any atom is 0.291 e. The Morgan fingerprint density at radius 3 is 2.74 bits per heavy atom. The average Bonchev–Trinajstić information content (AvgIpc) is 3.13. The Labute approximate surface area is 145 Å². The number of aryl methyl sites for hydroxylation is 1. The Morgan fingerprint density at radius 1 is 1.39 bits per heavy atom. The molecule has 2 aromatic rings. The van der Waals surface area contributed by atoms with Crippen molar-refractivity contribution < 1.29 is 14.0 Å². The molecular formula is C15H20ClN3O3S. The first kappa shape index (κ1) is 19.2. The zero-order valence-electron chi connectivity index (χ0n) is 13.2. The minimum Gasteiger partial charge on any atom is -0.459 e. The summed E-state index contributed by atoms with van der Waals surface area (Å²) in [4.78, 5) is 26.6. The van der Waals surface area contributed by atoms with Crippen LogP contribution in [-0.2, 0) is 0 Å². The van der Waals surface area contributed by atoms with E-state index in [2.05, 4.69) is 10.6 Å². The van der Waals surface area contributed by atoms with Gasteiger partial charge in [0.15, 0.2) is 5.76 Å². The Bertz CT molecular complexity index is 655. The van der Waals surface area contributed by atoms with Crippen LogP contribution in [0.1, 0.15) is 25.8 Å². The molecule has 0 fully saturated rings. The van der Waals surface area contributed by atoms with Crippen LogP contribution in [0.15, 0.2) is 28.9 Å². The van der Waals surface area contributed by atoms with Crippen molar-refractivity contribution in [3.63, 3.8) is 0 Å². The summed E-state index contributed by atoms with van der Waals surface area (Å²) in [6.45, 7) is 3.22. The maximum atomic E-state index is 12.4. The van der Waals surface area contributed by atoms with Gasteiger partial charge in [0.1, 0.15) is 0 Å². The van der Waals surface area contributed by atoms with E-state index in [1.165, 1.54) is 17.6 Å². The number of furan rings is 1. The number of nitrogens with zero attached hydrogens (tertiary/aromatic N) is 1. The number of thiophene rings is 1. The van der Waals surface area contributed by atoms with Crippen molar-refractivity contribution in [3.8, 4) is 0 Å². The van der Waals surface area contributed by atoms with Crippen LogP contribution in [0.2, 0.25) is 0 Å². The van der Waals surface area contributed by atoms with Crippen molar-refractivity contribution in [3.05, 3.63) is 40.7 Å². The maximum absolute atomic E-state index is 12.4. The van der Waals surface area contributed by atoms with Crippen LogP contribution in [0.25, 0.3) is 0 Å². The number of halogens is 1. The summed E-state index contributed by atoms with van der Waals surface area (Å²) in [7, 11) is 3.61. The van der Waals surface area contributed by atoms with Gasteiger partial charge in [0, 0.05) is 20.1 Å². The number of carbonyl (C=O) groups excluding carboxylic acids is 2. The molecule has 0 spiro atoms. The molecule has 0 aromatic carbocycles. The molecule has 2 N–H and O–H groups in total. The van der Waals surface area contributed by atoms with Crippen molar-refractivity contribution in [1.82, 2.24) is 10.2 Å². The second kappa shape index (κ2) is 8.71. The third-order valence-electron chi connectivity index (χ3n) is 3.14. The minimum absolute atomic E-state index is 0. The second-order valence-electron chi connectivity index (χ2n) is 4.88. The minimum atomic E-state index is -0.325. The molecule has 2 amide bonds. The van der Waals surface area contributed by atoms with Crippen molar-refractivity contribution in [2.75, 3.05) is 32.5 Å². The zero-order chi connectivity index (χ0) is 16.1. The number of likely N-dealkylation sites (N-methyl/N-ethyl adjacent to an activating group) is 2. The lowest BCUT2D eigenvalue weighted by Crippen LogP contribution is -2.32. The van der Waals surface area contributed by atoms with Crippen LogP contribution in [0.3, 0.4) is 0 Å². The van der Waals surface area contributed by atoms with Gasteiger partial charge in [-0.2, -0.15) is 0 Å². The Hall–Kier alpha value is -1.83. The van der Waals surface area contributed by atoms with Crippen LogP contribution in [0.4, 0.5) is 5.00 Å². The predicted molar refractivity (Wildman–Crippen MR) is 93.9 cm³/mol. The summed E-state index contributed by atoms with van der Waals surface area (Å²) >= 11 is 1.27. The van der Waals surface area contributed by atoms with Gasteiger partial charge in [-0.3, -0.25) is 9.59 Å². The average molecular weight is 358 g/mol. The number of anilines is 1. The van der Waals surface area contributed by atoms with Crippen LogP contribution in [0, 0.1) is 6.92 Å². The van der Waals surface area contributed by atoms with E-state index in [1.807, 2.05) is 14.0 Å². The number of hydrogen-bond donors (Lipinski definition) is 2.